The quantitative estimate of drug-likeness (QED) is 0.773. The number of rotatable bonds is 2. The number of nitrogens with one attached hydrogen (secondary N) is 2. The number of hydrogen-bond acceptors (Lipinski definition) is 4. The van der Waals surface area contributed by atoms with E-state index in [4.69, 9.17) is 0 Å². The van der Waals surface area contributed by atoms with Gasteiger partial charge in [-0.25, -0.2) is 10.2 Å². The lowest BCUT2D eigenvalue weighted by Crippen LogP contribution is -2.47. The van der Waals surface area contributed by atoms with Crippen molar-refractivity contribution in [2.75, 3.05) is 26.2 Å². The van der Waals surface area contributed by atoms with Crippen molar-refractivity contribution < 1.29 is 14.4 Å². The Morgan fingerprint density at radius 1 is 0.960 bits per heavy atom. The predicted octanol–water partition coefficient (Wildman–Crippen LogP) is 0.829. The summed E-state index contributed by atoms with van der Waals surface area (Å²) in [6.45, 7) is 2.30. The molecule has 25 heavy (non-hydrogen) atoms. The maximum atomic E-state index is 12.5. The van der Waals surface area contributed by atoms with E-state index in [-0.39, 0.29) is 17.8 Å². The molecule has 1 saturated heterocycles. The molecule has 1 aliphatic carbocycles. The van der Waals surface area contributed by atoms with E-state index in [1.807, 2.05) is 4.90 Å². The molecular formula is C17H27N5O3. The van der Waals surface area contributed by atoms with Crippen molar-refractivity contribution in [3.05, 3.63) is 0 Å². The zero-order chi connectivity index (χ0) is 17.6. The van der Waals surface area contributed by atoms with E-state index in [2.05, 4.69) is 15.8 Å². The molecule has 3 rings (SSSR count). The highest BCUT2D eigenvalue weighted by atomic mass is 16.2. The van der Waals surface area contributed by atoms with Crippen LogP contribution in [-0.4, -0.2) is 65.6 Å². The summed E-state index contributed by atoms with van der Waals surface area (Å²) in [5.41, 5.74) is 2.77. The molecule has 2 aliphatic heterocycles. The topological polar surface area (TPSA) is 94.1 Å². The van der Waals surface area contributed by atoms with Gasteiger partial charge in [0.15, 0.2) is 0 Å². The standard InChI is InChI=1S/C17H27N5O3/c23-15-8-7-14(19-20-15)16(24)21-9-4-10-22(12-11-21)17(25)18-13-5-2-1-3-6-13/h13H,1-12H2,(H,18,25)(H,20,23). The van der Waals surface area contributed by atoms with Gasteiger partial charge in [0.1, 0.15) is 5.71 Å². The zero-order valence-corrected chi connectivity index (χ0v) is 14.6. The first-order chi connectivity index (χ1) is 12.1. The number of hydrazone groups is 1. The van der Waals surface area contributed by atoms with Crippen molar-refractivity contribution in [1.82, 2.24) is 20.5 Å². The van der Waals surface area contributed by atoms with E-state index in [0.29, 0.717) is 50.8 Å². The van der Waals surface area contributed by atoms with Crippen molar-refractivity contribution in [2.45, 2.75) is 57.4 Å². The Kier molecular flexibility index (Phi) is 5.88. The van der Waals surface area contributed by atoms with Crippen LogP contribution >= 0.6 is 0 Å². The van der Waals surface area contributed by atoms with Gasteiger partial charge in [-0.3, -0.25) is 9.59 Å². The van der Waals surface area contributed by atoms with Crippen molar-refractivity contribution >= 4 is 23.6 Å². The van der Waals surface area contributed by atoms with Gasteiger partial charge in [-0.15, -0.1) is 0 Å². The Balaban J connectivity index is 1.50. The molecule has 2 heterocycles. The van der Waals surface area contributed by atoms with E-state index in [1.54, 1.807) is 4.90 Å². The molecule has 0 radical (unpaired) electrons. The third-order valence-electron chi connectivity index (χ3n) is 5.15. The van der Waals surface area contributed by atoms with Crippen LogP contribution in [0.15, 0.2) is 5.10 Å². The van der Waals surface area contributed by atoms with Gasteiger partial charge in [0.05, 0.1) is 0 Å². The van der Waals surface area contributed by atoms with Crippen molar-refractivity contribution in [3.8, 4) is 0 Å². The highest BCUT2D eigenvalue weighted by Gasteiger charge is 2.27. The third-order valence-corrected chi connectivity index (χ3v) is 5.15. The average Bonchev–Trinajstić information content (AvgIpc) is 2.89. The first-order valence-electron chi connectivity index (χ1n) is 9.33. The van der Waals surface area contributed by atoms with Gasteiger partial charge in [-0.2, -0.15) is 5.10 Å². The Morgan fingerprint density at radius 3 is 2.40 bits per heavy atom. The molecule has 2 fully saturated rings. The zero-order valence-electron chi connectivity index (χ0n) is 14.6. The number of carbonyl (C=O) groups excluding carboxylic acids is 3. The van der Waals surface area contributed by atoms with Crippen LogP contribution in [0.3, 0.4) is 0 Å². The van der Waals surface area contributed by atoms with Crippen LogP contribution in [0.2, 0.25) is 0 Å². The summed E-state index contributed by atoms with van der Waals surface area (Å²) < 4.78 is 0. The molecule has 0 aromatic heterocycles. The maximum Gasteiger partial charge on any atom is 0.317 e. The Labute approximate surface area is 148 Å². The fourth-order valence-electron chi connectivity index (χ4n) is 3.65. The van der Waals surface area contributed by atoms with Crippen LogP contribution in [-0.2, 0) is 9.59 Å². The van der Waals surface area contributed by atoms with Gasteiger partial charge in [0, 0.05) is 45.1 Å². The normalized spacial score (nSPS) is 22.7. The fourth-order valence-corrected chi connectivity index (χ4v) is 3.65. The van der Waals surface area contributed by atoms with Crippen LogP contribution in [0.4, 0.5) is 4.79 Å². The van der Waals surface area contributed by atoms with Crippen LogP contribution in [0, 0.1) is 0 Å². The first-order valence-corrected chi connectivity index (χ1v) is 9.33. The summed E-state index contributed by atoms with van der Waals surface area (Å²) >= 11 is 0. The third kappa shape index (κ3) is 4.70. The van der Waals surface area contributed by atoms with Gasteiger partial charge in [0.25, 0.3) is 5.91 Å². The number of nitrogens with zero attached hydrogens (tertiary/aromatic N) is 3. The van der Waals surface area contributed by atoms with Crippen LogP contribution in [0.25, 0.3) is 0 Å². The van der Waals surface area contributed by atoms with Crippen molar-refractivity contribution in [1.29, 1.82) is 0 Å². The maximum absolute atomic E-state index is 12.5. The smallest absolute Gasteiger partial charge is 0.317 e. The van der Waals surface area contributed by atoms with E-state index in [1.165, 1.54) is 19.3 Å². The molecule has 0 atom stereocenters. The first kappa shape index (κ1) is 17.7. The molecule has 0 aromatic rings. The summed E-state index contributed by atoms with van der Waals surface area (Å²) in [4.78, 5) is 39.7. The van der Waals surface area contributed by atoms with Gasteiger partial charge >= 0.3 is 6.03 Å². The minimum absolute atomic E-state index is 0.0107. The molecule has 0 spiro atoms. The molecule has 0 bridgehead atoms. The molecule has 8 nitrogen and oxygen atoms in total. The van der Waals surface area contributed by atoms with Gasteiger partial charge in [-0.05, 0) is 19.3 Å². The minimum Gasteiger partial charge on any atom is -0.336 e. The second kappa shape index (κ2) is 8.31. The van der Waals surface area contributed by atoms with Crippen molar-refractivity contribution in [2.24, 2.45) is 5.10 Å². The van der Waals surface area contributed by atoms with Crippen LogP contribution in [0.5, 0.6) is 0 Å². The monoisotopic (exact) mass is 349 g/mol. The summed E-state index contributed by atoms with van der Waals surface area (Å²) in [6.07, 6.45) is 7.20. The highest BCUT2D eigenvalue weighted by molar-refractivity contribution is 6.39. The van der Waals surface area contributed by atoms with E-state index < -0.39 is 0 Å². The number of urea groups is 1. The van der Waals surface area contributed by atoms with Crippen LogP contribution in [0.1, 0.15) is 51.4 Å². The fraction of sp³-hybridized carbons (Fsp3) is 0.765. The molecule has 3 aliphatic rings. The van der Waals surface area contributed by atoms with Gasteiger partial charge in [-0.1, -0.05) is 19.3 Å². The Morgan fingerprint density at radius 2 is 1.68 bits per heavy atom. The Bertz CT molecular complexity index is 556. The molecule has 2 N–H and O–H groups in total. The van der Waals surface area contributed by atoms with Gasteiger partial charge in [0.2, 0.25) is 5.91 Å². The second-order valence-corrected chi connectivity index (χ2v) is 7.01. The minimum atomic E-state index is -0.155. The summed E-state index contributed by atoms with van der Waals surface area (Å²) in [5, 5.41) is 7.02. The molecule has 0 unspecified atom stereocenters. The molecular weight excluding hydrogens is 322 g/mol. The van der Waals surface area contributed by atoms with E-state index in [0.717, 1.165) is 19.3 Å². The molecule has 138 valence electrons. The highest BCUT2D eigenvalue weighted by Crippen LogP contribution is 2.18. The van der Waals surface area contributed by atoms with Gasteiger partial charge < -0.3 is 15.1 Å². The van der Waals surface area contributed by atoms with E-state index in [9.17, 15) is 14.4 Å². The lowest BCUT2D eigenvalue weighted by molar-refractivity contribution is -0.124. The molecule has 0 aromatic carbocycles. The molecule has 8 heteroatoms. The lowest BCUT2D eigenvalue weighted by atomic mass is 9.96. The second-order valence-electron chi connectivity index (χ2n) is 7.01. The van der Waals surface area contributed by atoms with Crippen molar-refractivity contribution in [3.63, 3.8) is 0 Å². The SMILES string of the molecule is O=C1CCC(C(=O)N2CCCN(C(=O)NC3CCCCC3)CC2)=NN1. The number of carbonyl (C=O) groups is 3. The van der Waals surface area contributed by atoms with E-state index >= 15 is 0 Å². The Hall–Kier alpha value is -2.12. The average molecular weight is 349 g/mol. The predicted molar refractivity (Wildman–Crippen MR) is 93.0 cm³/mol. The van der Waals surface area contributed by atoms with Crippen LogP contribution < -0.4 is 10.7 Å². The summed E-state index contributed by atoms with van der Waals surface area (Å²) in [6, 6.07) is 0.283. The summed E-state index contributed by atoms with van der Waals surface area (Å²) in [7, 11) is 0. The molecule has 1 saturated carbocycles. The number of amides is 4. The largest absolute Gasteiger partial charge is 0.336 e. The lowest BCUT2D eigenvalue weighted by Gasteiger charge is -2.27. The number of hydrogen-bond donors (Lipinski definition) is 2. The molecule has 4 amide bonds. The summed E-state index contributed by atoms with van der Waals surface area (Å²) in [5.74, 6) is -0.285.